The number of thiazole rings is 1. The van der Waals surface area contributed by atoms with Crippen LogP contribution in [0, 0.1) is 0 Å². The lowest BCUT2D eigenvalue weighted by atomic mass is 10.1. The molecule has 0 aliphatic rings. The van der Waals surface area contributed by atoms with Gasteiger partial charge in [-0.2, -0.15) is 0 Å². The average molecular weight is 383 g/mol. The Hall–Kier alpha value is -2.64. The standard InChI is InChI=1S/C19H17N3O2S2/c1-21(2)15-10-18(14-6-4-3-5-7-14)22(12-15)26(23,24)16-8-9-17-19(11-16)25-13-20-17/h3-13H,1-2H3. The summed E-state index contributed by atoms with van der Waals surface area (Å²) in [5, 5.41) is 0. The van der Waals surface area contributed by atoms with Gasteiger partial charge in [0.05, 0.1) is 32.0 Å². The van der Waals surface area contributed by atoms with E-state index in [1.165, 1.54) is 15.3 Å². The van der Waals surface area contributed by atoms with Gasteiger partial charge in [-0.15, -0.1) is 11.3 Å². The molecule has 132 valence electrons. The summed E-state index contributed by atoms with van der Waals surface area (Å²) in [7, 11) is 0.0557. The lowest BCUT2D eigenvalue weighted by Crippen LogP contribution is -2.13. The second-order valence-corrected chi connectivity index (χ2v) is 8.83. The largest absolute Gasteiger partial charge is 0.376 e. The Morgan fingerprint density at radius 1 is 1.04 bits per heavy atom. The summed E-state index contributed by atoms with van der Waals surface area (Å²) in [5.74, 6) is 0. The van der Waals surface area contributed by atoms with Gasteiger partial charge in [-0.1, -0.05) is 30.3 Å². The summed E-state index contributed by atoms with van der Waals surface area (Å²) in [6.07, 6.45) is 1.66. The first kappa shape index (κ1) is 16.8. The van der Waals surface area contributed by atoms with Crippen molar-refractivity contribution in [3.8, 4) is 11.3 Å². The molecule has 0 radical (unpaired) electrons. The summed E-state index contributed by atoms with van der Waals surface area (Å²) in [5.41, 5.74) is 4.84. The van der Waals surface area contributed by atoms with E-state index in [0.29, 0.717) is 5.69 Å². The molecule has 0 saturated carbocycles. The molecule has 4 aromatic rings. The fourth-order valence-corrected chi connectivity index (χ4v) is 4.99. The third-order valence-corrected chi connectivity index (χ3v) is 6.68. The Bertz CT molecular complexity index is 1180. The maximum Gasteiger partial charge on any atom is 0.268 e. The molecule has 4 rings (SSSR count). The molecule has 0 N–H and O–H groups in total. The van der Waals surface area contributed by atoms with Crippen molar-refractivity contribution >= 4 is 37.3 Å². The molecule has 2 heterocycles. The van der Waals surface area contributed by atoms with E-state index in [9.17, 15) is 8.42 Å². The molecule has 26 heavy (non-hydrogen) atoms. The van der Waals surface area contributed by atoms with Crippen LogP contribution in [-0.2, 0) is 10.0 Å². The summed E-state index contributed by atoms with van der Waals surface area (Å²) < 4.78 is 28.9. The van der Waals surface area contributed by atoms with E-state index >= 15 is 0 Å². The van der Waals surface area contributed by atoms with Crippen LogP contribution in [0.1, 0.15) is 0 Å². The second-order valence-electron chi connectivity index (χ2n) is 6.13. The van der Waals surface area contributed by atoms with Crippen molar-refractivity contribution in [2.75, 3.05) is 19.0 Å². The Balaban J connectivity index is 1.93. The van der Waals surface area contributed by atoms with Crippen molar-refractivity contribution in [1.82, 2.24) is 8.96 Å². The van der Waals surface area contributed by atoms with Gasteiger partial charge in [0.15, 0.2) is 0 Å². The molecule has 2 aromatic carbocycles. The van der Waals surface area contributed by atoms with Gasteiger partial charge in [0, 0.05) is 20.3 Å². The molecule has 7 heteroatoms. The van der Waals surface area contributed by atoms with Crippen molar-refractivity contribution in [2.45, 2.75) is 4.90 Å². The quantitative estimate of drug-likeness (QED) is 0.533. The van der Waals surface area contributed by atoms with Crippen LogP contribution in [0.15, 0.2) is 71.2 Å². The van der Waals surface area contributed by atoms with Gasteiger partial charge in [-0.3, -0.25) is 0 Å². The SMILES string of the molecule is CN(C)c1cc(-c2ccccc2)n(S(=O)(=O)c2ccc3ncsc3c2)c1. The topological polar surface area (TPSA) is 55.2 Å². The minimum absolute atomic E-state index is 0.257. The molecule has 0 amide bonds. The lowest BCUT2D eigenvalue weighted by molar-refractivity contribution is 0.588. The molecule has 0 bridgehead atoms. The van der Waals surface area contributed by atoms with Crippen molar-refractivity contribution in [3.63, 3.8) is 0 Å². The zero-order valence-electron chi connectivity index (χ0n) is 14.3. The van der Waals surface area contributed by atoms with Gasteiger partial charge in [0.25, 0.3) is 10.0 Å². The van der Waals surface area contributed by atoms with E-state index in [4.69, 9.17) is 0 Å². The number of anilines is 1. The fourth-order valence-electron chi connectivity index (χ4n) is 2.80. The predicted molar refractivity (Wildman–Crippen MR) is 106 cm³/mol. The molecule has 0 saturated heterocycles. The van der Waals surface area contributed by atoms with E-state index < -0.39 is 10.0 Å². The molecule has 0 unspecified atom stereocenters. The number of aromatic nitrogens is 2. The third kappa shape index (κ3) is 2.79. The van der Waals surface area contributed by atoms with E-state index in [0.717, 1.165) is 21.5 Å². The highest BCUT2D eigenvalue weighted by Crippen LogP contribution is 2.31. The summed E-state index contributed by atoms with van der Waals surface area (Å²) in [6.45, 7) is 0. The van der Waals surface area contributed by atoms with Gasteiger partial charge in [0.1, 0.15) is 0 Å². The number of hydrogen-bond donors (Lipinski definition) is 0. The minimum Gasteiger partial charge on any atom is -0.376 e. The van der Waals surface area contributed by atoms with Crippen LogP contribution in [0.4, 0.5) is 5.69 Å². The van der Waals surface area contributed by atoms with Crippen molar-refractivity contribution in [1.29, 1.82) is 0 Å². The molecule has 5 nitrogen and oxygen atoms in total. The molecule has 2 aromatic heterocycles. The van der Waals surface area contributed by atoms with Crippen molar-refractivity contribution in [3.05, 3.63) is 66.3 Å². The summed E-state index contributed by atoms with van der Waals surface area (Å²) in [4.78, 5) is 6.37. The first-order valence-electron chi connectivity index (χ1n) is 8.01. The molecule has 0 spiro atoms. The highest BCUT2D eigenvalue weighted by atomic mass is 32.2. The van der Waals surface area contributed by atoms with Gasteiger partial charge in [-0.05, 0) is 29.8 Å². The van der Waals surface area contributed by atoms with Crippen LogP contribution in [0.2, 0.25) is 0 Å². The molecule has 0 aliphatic carbocycles. The monoisotopic (exact) mass is 383 g/mol. The maximum atomic E-state index is 13.4. The van der Waals surface area contributed by atoms with Gasteiger partial charge >= 0.3 is 0 Å². The minimum atomic E-state index is -3.73. The highest BCUT2D eigenvalue weighted by Gasteiger charge is 2.23. The molecular weight excluding hydrogens is 366 g/mol. The molecular formula is C19H17N3O2S2. The van der Waals surface area contributed by atoms with Crippen molar-refractivity contribution in [2.24, 2.45) is 0 Å². The van der Waals surface area contributed by atoms with Crippen LogP contribution in [0.25, 0.3) is 21.5 Å². The van der Waals surface area contributed by atoms with E-state index in [2.05, 4.69) is 4.98 Å². The second kappa shape index (κ2) is 6.26. The smallest absolute Gasteiger partial charge is 0.268 e. The molecule has 0 fully saturated rings. The number of fused-ring (bicyclic) bond motifs is 1. The van der Waals surface area contributed by atoms with Gasteiger partial charge in [-0.25, -0.2) is 17.4 Å². The fraction of sp³-hybridized carbons (Fsp3) is 0.105. The summed E-state index contributed by atoms with van der Waals surface area (Å²) in [6, 6.07) is 16.5. The van der Waals surface area contributed by atoms with Crippen LogP contribution >= 0.6 is 11.3 Å². The average Bonchev–Trinajstić information content (AvgIpc) is 3.29. The van der Waals surface area contributed by atoms with Crippen LogP contribution in [0.5, 0.6) is 0 Å². The van der Waals surface area contributed by atoms with Gasteiger partial charge in [0.2, 0.25) is 0 Å². The van der Waals surface area contributed by atoms with Gasteiger partial charge < -0.3 is 4.90 Å². The Morgan fingerprint density at radius 3 is 2.54 bits per heavy atom. The highest BCUT2D eigenvalue weighted by molar-refractivity contribution is 7.90. The van der Waals surface area contributed by atoms with Crippen molar-refractivity contribution < 1.29 is 8.42 Å². The summed E-state index contributed by atoms with van der Waals surface area (Å²) >= 11 is 1.43. The zero-order valence-corrected chi connectivity index (χ0v) is 16.0. The normalized spacial score (nSPS) is 11.8. The Labute approximate surface area is 156 Å². The first-order chi connectivity index (χ1) is 12.5. The maximum absolute atomic E-state index is 13.4. The zero-order chi connectivity index (χ0) is 18.3. The Morgan fingerprint density at radius 2 is 1.81 bits per heavy atom. The van der Waals surface area contributed by atoms with Crippen LogP contribution < -0.4 is 4.90 Å². The number of hydrogen-bond acceptors (Lipinski definition) is 5. The first-order valence-corrected chi connectivity index (χ1v) is 10.3. The lowest BCUT2D eigenvalue weighted by Gasteiger charge is -2.11. The third-order valence-electron chi connectivity index (χ3n) is 4.22. The van der Waals surface area contributed by atoms with E-state index in [-0.39, 0.29) is 4.90 Å². The molecule has 0 atom stereocenters. The predicted octanol–water partition coefficient (Wildman–Crippen LogP) is 4.07. The Kier molecular flexibility index (Phi) is 4.05. The van der Waals surface area contributed by atoms with E-state index in [1.807, 2.05) is 55.4 Å². The molecule has 0 aliphatic heterocycles. The van der Waals surface area contributed by atoms with Crippen LogP contribution in [0.3, 0.4) is 0 Å². The number of nitrogens with zero attached hydrogens (tertiary/aromatic N) is 3. The van der Waals surface area contributed by atoms with E-state index in [1.54, 1.807) is 29.9 Å². The van der Waals surface area contributed by atoms with Crippen LogP contribution in [-0.4, -0.2) is 31.5 Å². The number of benzene rings is 2. The number of rotatable bonds is 4.